The van der Waals surface area contributed by atoms with E-state index >= 15 is 0 Å². The van der Waals surface area contributed by atoms with Crippen LogP contribution in [0, 0.1) is 5.18 Å². The summed E-state index contributed by atoms with van der Waals surface area (Å²) in [4.78, 5) is 0. The van der Waals surface area contributed by atoms with Crippen molar-refractivity contribution >= 4 is 10.3 Å². The van der Waals surface area contributed by atoms with Crippen LogP contribution in [0.5, 0.6) is 0 Å². The number of nitrogens with one attached hydrogen (secondary N) is 1. The highest BCUT2D eigenvalue weighted by molar-refractivity contribution is 8.06. The second-order valence-electron chi connectivity index (χ2n) is 1.68. The van der Waals surface area contributed by atoms with Gasteiger partial charge in [-0.05, 0) is 19.7 Å². The third-order valence-corrected chi connectivity index (χ3v) is 2.44. The van der Waals surface area contributed by atoms with Gasteiger partial charge in [0.05, 0.1) is 0 Å². The van der Waals surface area contributed by atoms with Gasteiger partial charge in [-0.25, -0.2) is 0 Å². The molecule has 8 heavy (non-hydrogen) atoms. The number of rotatable bonds is 2. The zero-order chi connectivity index (χ0) is 6.41. The summed E-state index contributed by atoms with van der Waals surface area (Å²) in [5.74, 6) is 1.13. The zero-order valence-electron chi connectivity index (χ0n) is 5.86. The first-order valence-corrected chi connectivity index (χ1v) is 4.88. The normalized spacial score (nSPS) is 12.9. The molecule has 0 aliphatic heterocycles. The summed E-state index contributed by atoms with van der Waals surface area (Å²) in [5.41, 5.74) is 0. The van der Waals surface area contributed by atoms with Crippen LogP contribution in [0.3, 0.4) is 0 Å². The van der Waals surface area contributed by atoms with Gasteiger partial charge in [0.25, 0.3) is 0 Å². The van der Waals surface area contributed by atoms with E-state index in [1.807, 2.05) is 6.92 Å². The molecule has 0 aromatic heterocycles. The van der Waals surface area contributed by atoms with Crippen molar-refractivity contribution in [3.05, 3.63) is 0 Å². The van der Waals surface area contributed by atoms with Crippen LogP contribution >= 0.6 is 10.3 Å². The van der Waals surface area contributed by atoms with Crippen LogP contribution < -0.4 is 5.32 Å². The predicted octanol–water partition coefficient (Wildman–Crippen LogP) is 1.16. The van der Waals surface area contributed by atoms with Gasteiger partial charge < -0.3 is 5.32 Å². The topological polar surface area (TPSA) is 12.0 Å². The van der Waals surface area contributed by atoms with Crippen LogP contribution in [0.2, 0.25) is 0 Å². The molecule has 0 amide bonds. The van der Waals surface area contributed by atoms with Crippen molar-refractivity contribution in [1.82, 2.24) is 5.32 Å². The number of hydrogen-bond donors (Lipinski definition) is 2. The molecule has 0 aliphatic carbocycles. The van der Waals surface area contributed by atoms with Crippen molar-refractivity contribution in [2.75, 3.05) is 18.7 Å². The first-order chi connectivity index (χ1) is 3.81. The molecule has 0 radical (unpaired) electrons. The van der Waals surface area contributed by atoms with Crippen molar-refractivity contribution in [2.24, 2.45) is 0 Å². The Morgan fingerprint density at radius 1 is 1.62 bits per heavy atom. The van der Waals surface area contributed by atoms with E-state index in [2.05, 4.69) is 23.7 Å². The van der Waals surface area contributed by atoms with Crippen molar-refractivity contribution in [3.8, 4) is 5.18 Å². The number of hydrogen-bond acceptors (Lipinski definition) is 1. The minimum Gasteiger partial charge on any atom is -0.309 e. The summed E-state index contributed by atoms with van der Waals surface area (Å²) in [5, 5.41) is 6.47. The monoisotopic (exact) mass is 133 g/mol. The van der Waals surface area contributed by atoms with Gasteiger partial charge in [0.2, 0.25) is 0 Å². The highest BCUT2D eigenvalue weighted by Crippen LogP contribution is 1.95. The lowest BCUT2D eigenvalue weighted by Gasteiger charge is -1.97. The maximum absolute atomic E-state index is 3.27. The van der Waals surface area contributed by atoms with E-state index in [9.17, 15) is 0 Å². The molecule has 1 nitrogen and oxygen atoms in total. The standard InChI is InChI=1S/C6H15NS/c1-4-7-6-8(3)5-2/h7-8H,4,6H2,1-3H3. The second kappa shape index (κ2) is 5.23. The Morgan fingerprint density at radius 2 is 2.25 bits per heavy atom. The molecule has 0 fully saturated rings. The Morgan fingerprint density at radius 3 is 2.62 bits per heavy atom. The summed E-state index contributed by atoms with van der Waals surface area (Å²) in [7, 11) is 0.0547. The van der Waals surface area contributed by atoms with E-state index in [1.54, 1.807) is 0 Å². The molecule has 0 bridgehead atoms. The van der Waals surface area contributed by atoms with Gasteiger partial charge >= 0.3 is 0 Å². The Hall–Kier alpha value is 0.0900. The molecule has 0 heterocycles. The maximum atomic E-state index is 3.27. The molecule has 0 rings (SSSR count). The Labute approximate surface area is 54.0 Å². The van der Waals surface area contributed by atoms with Crippen LogP contribution in [-0.4, -0.2) is 18.7 Å². The van der Waals surface area contributed by atoms with Gasteiger partial charge in [0, 0.05) is 5.88 Å². The second-order valence-corrected chi connectivity index (χ2v) is 3.84. The van der Waals surface area contributed by atoms with Crippen LogP contribution in [0.25, 0.3) is 0 Å². The minimum absolute atomic E-state index is 0.0547. The van der Waals surface area contributed by atoms with Gasteiger partial charge in [0.15, 0.2) is 0 Å². The van der Waals surface area contributed by atoms with E-state index in [1.165, 1.54) is 0 Å². The summed E-state index contributed by atoms with van der Waals surface area (Å²) in [6, 6.07) is 0. The summed E-state index contributed by atoms with van der Waals surface area (Å²) in [6.07, 6.45) is 2.22. The van der Waals surface area contributed by atoms with E-state index in [0.29, 0.717) is 0 Å². The Bertz CT molecular complexity index is 117. The molecule has 1 N–H and O–H groups in total. The summed E-state index contributed by atoms with van der Waals surface area (Å²) < 4.78 is 0. The van der Waals surface area contributed by atoms with Crippen LogP contribution in [0.4, 0.5) is 0 Å². The lowest BCUT2D eigenvalue weighted by atomic mass is 10.8. The van der Waals surface area contributed by atoms with E-state index in [-0.39, 0.29) is 10.3 Å². The molecular formula is C6H15NS. The molecule has 0 aromatic carbocycles. The summed E-state index contributed by atoms with van der Waals surface area (Å²) in [6.45, 7) is 5.20. The van der Waals surface area contributed by atoms with Crippen LogP contribution in [0.1, 0.15) is 13.8 Å². The molecule has 0 saturated carbocycles. The van der Waals surface area contributed by atoms with Crippen molar-refractivity contribution in [2.45, 2.75) is 13.8 Å². The molecular weight excluding hydrogens is 118 g/mol. The van der Waals surface area contributed by atoms with Crippen molar-refractivity contribution in [1.29, 1.82) is 0 Å². The Kier molecular flexibility index (Phi) is 5.29. The average molecular weight is 133 g/mol. The van der Waals surface area contributed by atoms with Gasteiger partial charge in [-0.1, -0.05) is 6.92 Å². The molecule has 0 saturated heterocycles. The van der Waals surface area contributed by atoms with E-state index in [4.69, 9.17) is 0 Å². The lowest BCUT2D eigenvalue weighted by molar-refractivity contribution is 0.840. The van der Waals surface area contributed by atoms with Crippen LogP contribution in [-0.2, 0) is 0 Å². The SMILES string of the molecule is CC#[SH](C)CNCC. The zero-order valence-corrected chi connectivity index (χ0v) is 6.76. The molecule has 50 valence electrons. The van der Waals surface area contributed by atoms with Crippen molar-refractivity contribution < 1.29 is 0 Å². The maximum Gasteiger partial charge on any atom is 0.0324 e. The highest BCUT2D eigenvalue weighted by atomic mass is 32.2. The van der Waals surface area contributed by atoms with Gasteiger partial charge in [-0.15, -0.1) is 5.18 Å². The van der Waals surface area contributed by atoms with E-state index < -0.39 is 0 Å². The van der Waals surface area contributed by atoms with Gasteiger partial charge in [0.1, 0.15) is 0 Å². The fourth-order valence-corrected chi connectivity index (χ4v) is 1.08. The number of thiol groups is 1. The largest absolute Gasteiger partial charge is 0.309 e. The average Bonchev–Trinajstić information content (AvgIpc) is 1.83. The van der Waals surface area contributed by atoms with Crippen LogP contribution in [0.15, 0.2) is 0 Å². The van der Waals surface area contributed by atoms with E-state index in [0.717, 1.165) is 12.4 Å². The molecule has 0 aliphatic rings. The molecule has 1 unspecified atom stereocenters. The molecule has 2 heteroatoms. The molecule has 0 spiro atoms. The fourth-order valence-electron chi connectivity index (χ4n) is 0.359. The smallest absolute Gasteiger partial charge is 0.0324 e. The Balaban J connectivity index is 3.21. The van der Waals surface area contributed by atoms with Gasteiger partial charge in [-0.2, -0.15) is 10.3 Å². The first-order valence-electron chi connectivity index (χ1n) is 2.90. The highest BCUT2D eigenvalue weighted by Gasteiger charge is 1.75. The third kappa shape index (κ3) is 4.25. The summed E-state index contributed by atoms with van der Waals surface area (Å²) >= 11 is 0. The first kappa shape index (κ1) is 8.09. The minimum atomic E-state index is 0.0547. The molecule has 0 aromatic rings. The quantitative estimate of drug-likeness (QED) is 0.539. The van der Waals surface area contributed by atoms with Crippen molar-refractivity contribution in [3.63, 3.8) is 0 Å². The predicted molar refractivity (Wildman–Crippen MR) is 43.0 cm³/mol. The fraction of sp³-hybridized carbons (Fsp3) is 0.833. The van der Waals surface area contributed by atoms with Gasteiger partial charge in [-0.3, -0.25) is 0 Å². The molecule has 1 atom stereocenters. The lowest BCUT2D eigenvalue weighted by Crippen LogP contribution is -2.10. The third-order valence-electron chi connectivity index (χ3n) is 0.981.